The molecular formula is C12H19N3O3S. The van der Waals surface area contributed by atoms with Crippen molar-refractivity contribution in [2.75, 3.05) is 19.3 Å². The Morgan fingerprint density at radius 2 is 1.89 bits per heavy atom. The van der Waals surface area contributed by atoms with Crippen LogP contribution in [0.2, 0.25) is 0 Å². The van der Waals surface area contributed by atoms with Gasteiger partial charge in [0.15, 0.2) is 0 Å². The number of benzene rings is 1. The Bertz CT molecular complexity index is 502. The van der Waals surface area contributed by atoms with Crippen LogP contribution in [0.1, 0.15) is 5.56 Å². The standard InChI is InChI=1S/C12H19N3O3S/c1-19(17,18)15-8-7-14-12(16)11(13)9-10-5-3-2-4-6-10/h2-6,11,15H,7-9,13H2,1H3,(H,14,16)/t11-/m1/s1. The minimum atomic E-state index is -3.22. The van der Waals surface area contributed by atoms with Gasteiger partial charge in [0.1, 0.15) is 0 Å². The van der Waals surface area contributed by atoms with Gasteiger partial charge in [0, 0.05) is 13.1 Å². The van der Waals surface area contributed by atoms with Gasteiger partial charge in [-0.05, 0) is 12.0 Å². The molecular weight excluding hydrogens is 266 g/mol. The quantitative estimate of drug-likeness (QED) is 0.572. The van der Waals surface area contributed by atoms with Crippen molar-refractivity contribution in [1.29, 1.82) is 0 Å². The Balaban J connectivity index is 2.29. The minimum Gasteiger partial charge on any atom is -0.353 e. The van der Waals surface area contributed by atoms with Gasteiger partial charge in [-0.25, -0.2) is 13.1 Å². The molecule has 0 aliphatic rings. The molecule has 7 heteroatoms. The molecule has 0 heterocycles. The highest BCUT2D eigenvalue weighted by Gasteiger charge is 2.13. The number of rotatable bonds is 7. The average molecular weight is 285 g/mol. The maximum atomic E-state index is 11.7. The number of carbonyl (C=O) groups excluding carboxylic acids is 1. The third-order valence-electron chi connectivity index (χ3n) is 2.42. The maximum absolute atomic E-state index is 11.7. The lowest BCUT2D eigenvalue weighted by Gasteiger charge is -2.12. The van der Waals surface area contributed by atoms with E-state index in [1.54, 1.807) is 0 Å². The first-order valence-corrected chi connectivity index (χ1v) is 7.79. The molecule has 0 spiro atoms. The molecule has 0 saturated carbocycles. The summed E-state index contributed by atoms with van der Waals surface area (Å²) in [5, 5.41) is 2.58. The second-order valence-corrected chi connectivity index (χ2v) is 6.09. The van der Waals surface area contributed by atoms with Crippen LogP contribution in [-0.4, -0.2) is 39.7 Å². The first kappa shape index (κ1) is 15.6. The fraction of sp³-hybridized carbons (Fsp3) is 0.417. The van der Waals surface area contributed by atoms with E-state index in [0.29, 0.717) is 6.42 Å². The molecule has 1 aromatic carbocycles. The maximum Gasteiger partial charge on any atom is 0.237 e. The molecule has 0 aliphatic carbocycles. The van der Waals surface area contributed by atoms with Crippen LogP contribution >= 0.6 is 0 Å². The van der Waals surface area contributed by atoms with Gasteiger partial charge in [-0.2, -0.15) is 0 Å². The molecule has 0 bridgehead atoms. The smallest absolute Gasteiger partial charge is 0.237 e. The van der Waals surface area contributed by atoms with Crippen molar-refractivity contribution in [2.45, 2.75) is 12.5 Å². The largest absolute Gasteiger partial charge is 0.353 e. The Hall–Kier alpha value is -1.44. The number of sulfonamides is 1. The van der Waals surface area contributed by atoms with Crippen molar-refractivity contribution in [3.8, 4) is 0 Å². The van der Waals surface area contributed by atoms with Crippen LogP contribution in [-0.2, 0) is 21.2 Å². The zero-order chi connectivity index (χ0) is 14.3. The predicted molar refractivity (Wildman–Crippen MR) is 74.0 cm³/mol. The fourth-order valence-corrected chi connectivity index (χ4v) is 1.99. The Morgan fingerprint density at radius 1 is 1.26 bits per heavy atom. The summed E-state index contributed by atoms with van der Waals surface area (Å²) in [7, 11) is -3.22. The molecule has 6 nitrogen and oxygen atoms in total. The van der Waals surface area contributed by atoms with E-state index in [1.807, 2.05) is 30.3 Å². The normalized spacial score (nSPS) is 12.9. The topological polar surface area (TPSA) is 101 Å². The molecule has 1 rings (SSSR count). The van der Waals surface area contributed by atoms with Gasteiger partial charge in [-0.3, -0.25) is 4.79 Å². The molecule has 4 N–H and O–H groups in total. The van der Waals surface area contributed by atoms with Crippen LogP contribution < -0.4 is 15.8 Å². The van der Waals surface area contributed by atoms with Crippen LogP contribution in [0.5, 0.6) is 0 Å². The molecule has 0 aromatic heterocycles. The van der Waals surface area contributed by atoms with E-state index in [1.165, 1.54) is 0 Å². The number of nitrogens with two attached hydrogens (primary N) is 1. The van der Waals surface area contributed by atoms with Crippen molar-refractivity contribution in [3.63, 3.8) is 0 Å². The molecule has 0 fully saturated rings. The molecule has 19 heavy (non-hydrogen) atoms. The van der Waals surface area contributed by atoms with Gasteiger partial charge in [0.05, 0.1) is 12.3 Å². The highest BCUT2D eigenvalue weighted by atomic mass is 32.2. The number of carbonyl (C=O) groups is 1. The zero-order valence-corrected chi connectivity index (χ0v) is 11.6. The van der Waals surface area contributed by atoms with Gasteiger partial charge in [-0.1, -0.05) is 30.3 Å². The average Bonchev–Trinajstić information content (AvgIpc) is 2.34. The van der Waals surface area contributed by atoms with Gasteiger partial charge in [-0.15, -0.1) is 0 Å². The lowest BCUT2D eigenvalue weighted by atomic mass is 10.1. The monoisotopic (exact) mass is 285 g/mol. The molecule has 0 aliphatic heterocycles. The molecule has 0 saturated heterocycles. The third-order valence-corrected chi connectivity index (χ3v) is 3.15. The summed E-state index contributed by atoms with van der Waals surface area (Å²) in [6.45, 7) is 0.372. The van der Waals surface area contributed by atoms with E-state index in [2.05, 4.69) is 10.0 Å². The summed E-state index contributed by atoms with van der Waals surface area (Å²) in [5.74, 6) is -0.292. The summed E-state index contributed by atoms with van der Waals surface area (Å²) < 4.78 is 23.9. The van der Waals surface area contributed by atoms with E-state index in [4.69, 9.17) is 5.73 Å². The summed E-state index contributed by atoms with van der Waals surface area (Å²) in [6, 6.07) is 8.83. The molecule has 1 atom stereocenters. The molecule has 0 unspecified atom stereocenters. The lowest BCUT2D eigenvalue weighted by molar-refractivity contribution is -0.122. The van der Waals surface area contributed by atoms with E-state index in [0.717, 1.165) is 11.8 Å². The second-order valence-electron chi connectivity index (χ2n) is 4.25. The van der Waals surface area contributed by atoms with Gasteiger partial charge in [0.25, 0.3) is 0 Å². The van der Waals surface area contributed by atoms with Crippen molar-refractivity contribution in [1.82, 2.24) is 10.0 Å². The molecule has 106 valence electrons. The van der Waals surface area contributed by atoms with Crippen LogP contribution in [0.3, 0.4) is 0 Å². The van der Waals surface area contributed by atoms with Crippen molar-refractivity contribution in [3.05, 3.63) is 35.9 Å². The van der Waals surface area contributed by atoms with E-state index in [-0.39, 0.29) is 19.0 Å². The SMILES string of the molecule is CS(=O)(=O)NCCNC(=O)[C@H](N)Cc1ccccc1. The van der Waals surface area contributed by atoms with Crippen molar-refractivity contribution < 1.29 is 13.2 Å². The molecule has 1 aromatic rings. The Kier molecular flexibility index (Phi) is 5.94. The predicted octanol–water partition coefficient (Wildman–Crippen LogP) is -0.778. The van der Waals surface area contributed by atoms with Crippen molar-refractivity contribution in [2.24, 2.45) is 5.73 Å². The van der Waals surface area contributed by atoms with Gasteiger partial charge < -0.3 is 11.1 Å². The van der Waals surface area contributed by atoms with Crippen LogP contribution in [0.15, 0.2) is 30.3 Å². The summed E-state index contributed by atoms with van der Waals surface area (Å²) in [6.07, 6.45) is 1.52. The van der Waals surface area contributed by atoms with E-state index in [9.17, 15) is 13.2 Å². The Morgan fingerprint density at radius 3 is 2.47 bits per heavy atom. The highest BCUT2D eigenvalue weighted by Crippen LogP contribution is 2.01. The fourth-order valence-electron chi connectivity index (χ4n) is 1.51. The Labute approximate surface area is 113 Å². The van der Waals surface area contributed by atoms with Crippen LogP contribution in [0, 0.1) is 0 Å². The number of nitrogens with one attached hydrogen (secondary N) is 2. The number of amides is 1. The molecule has 0 radical (unpaired) electrons. The first-order valence-electron chi connectivity index (χ1n) is 5.90. The summed E-state index contributed by atoms with van der Waals surface area (Å²) >= 11 is 0. The number of hydrogen-bond donors (Lipinski definition) is 3. The minimum absolute atomic E-state index is 0.155. The summed E-state index contributed by atoms with van der Waals surface area (Å²) in [4.78, 5) is 11.7. The lowest BCUT2D eigenvalue weighted by Crippen LogP contribution is -2.44. The highest BCUT2D eigenvalue weighted by molar-refractivity contribution is 7.88. The van der Waals surface area contributed by atoms with Crippen LogP contribution in [0.4, 0.5) is 0 Å². The van der Waals surface area contributed by atoms with Crippen LogP contribution in [0.25, 0.3) is 0 Å². The first-order chi connectivity index (χ1) is 8.88. The van der Waals surface area contributed by atoms with E-state index >= 15 is 0 Å². The molecule has 1 amide bonds. The van der Waals surface area contributed by atoms with E-state index < -0.39 is 16.1 Å². The third kappa shape index (κ3) is 6.90. The second kappa shape index (κ2) is 7.22. The summed E-state index contributed by atoms with van der Waals surface area (Å²) in [5.41, 5.74) is 6.75. The van der Waals surface area contributed by atoms with Gasteiger partial charge in [0.2, 0.25) is 15.9 Å². The van der Waals surface area contributed by atoms with Gasteiger partial charge >= 0.3 is 0 Å². The zero-order valence-electron chi connectivity index (χ0n) is 10.8. The van der Waals surface area contributed by atoms with Crippen molar-refractivity contribution >= 4 is 15.9 Å². The number of hydrogen-bond acceptors (Lipinski definition) is 4.